The van der Waals surface area contributed by atoms with Crippen LogP contribution < -0.4 is 11.1 Å². The van der Waals surface area contributed by atoms with Gasteiger partial charge < -0.3 is 14.6 Å². The summed E-state index contributed by atoms with van der Waals surface area (Å²) in [5.74, 6) is -0.850. The monoisotopic (exact) mass is 444 g/mol. The van der Waals surface area contributed by atoms with Gasteiger partial charge in [0.25, 0.3) is 10.9 Å². The van der Waals surface area contributed by atoms with E-state index in [1.54, 1.807) is 38.4 Å². The summed E-state index contributed by atoms with van der Waals surface area (Å²) >= 11 is 1.09. The summed E-state index contributed by atoms with van der Waals surface area (Å²) in [6.07, 6.45) is 0.546. The number of hydrogen-bond acceptors (Lipinski definition) is 7. The molecular formula is C20H20N4O6S. The molecule has 1 heterocycles. The molecule has 0 aliphatic carbocycles. The Morgan fingerprint density at radius 2 is 1.90 bits per heavy atom. The van der Waals surface area contributed by atoms with Crippen LogP contribution in [0.5, 0.6) is 0 Å². The highest BCUT2D eigenvalue weighted by Crippen LogP contribution is 2.23. The zero-order valence-electron chi connectivity index (χ0n) is 16.9. The van der Waals surface area contributed by atoms with E-state index >= 15 is 0 Å². The Morgan fingerprint density at radius 1 is 1.19 bits per heavy atom. The second kappa shape index (κ2) is 9.47. The number of hydrogen-bond donors (Lipinski definition) is 1. The molecule has 3 aromatic rings. The molecule has 0 saturated heterocycles. The topological polar surface area (TPSA) is 128 Å². The lowest BCUT2D eigenvalue weighted by atomic mass is 10.2. The van der Waals surface area contributed by atoms with Gasteiger partial charge in [-0.25, -0.2) is 4.79 Å². The second-order valence-electron chi connectivity index (χ2n) is 6.87. The molecule has 2 amide bonds. The molecule has 31 heavy (non-hydrogen) atoms. The largest absolute Gasteiger partial charge is 0.419 e. The third-order valence-corrected chi connectivity index (χ3v) is 5.40. The third-order valence-electron chi connectivity index (χ3n) is 4.36. The fourth-order valence-electron chi connectivity index (χ4n) is 2.80. The number of nitro groups is 1. The van der Waals surface area contributed by atoms with Gasteiger partial charge in [0.05, 0.1) is 16.5 Å². The Labute approximate surface area is 181 Å². The maximum absolute atomic E-state index is 12.2. The molecule has 1 N–H and O–H groups in total. The minimum Gasteiger partial charge on any atom is -0.407 e. The average molecular weight is 444 g/mol. The van der Waals surface area contributed by atoms with Gasteiger partial charge in [-0.2, -0.15) is 0 Å². The van der Waals surface area contributed by atoms with Crippen LogP contribution in [-0.2, 0) is 11.3 Å². The first-order valence-electron chi connectivity index (χ1n) is 9.31. The number of carbonyl (C=O) groups is 2. The van der Waals surface area contributed by atoms with Gasteiger partial charge >= 0.3 is 5.76 Å². The van der Waals surface area contributed by atoms with Crippen LogP contribution >= 0.6 is 11.8 Å². The summed E-state index contributed by atoms with van der Waals surface area (Å²) in [6, 6.07) is 10.9. The van der Waals surface area contributed by atoms with Crippen molar-refractivity contribution < 1.29 is 18.9 Å². The van der Waals surface area contributed by atoms with Crippen LogP contribution in [0.1, 0.15) is 12.8 Å². The molecule has 10 nitrogen and oxygen atoms in total. The highest BCUT2D eigenvalue weighted by atomic mass is 32.2. The molecule has 11 heteroatoms. The number of aryl methyl sites for hydroxylation is 1. The van der Waals surface area contributed by atoms with Crippen LogP contribution in [-0.4, -0.2) is 39.6 Å². The number of non-ortho nitro benzene ring substituents is 1. The number of benzene rings is 2. The lowest BCUT2D eigenvalue weighted by Crippen LogP contribution is -2.17. The summed E-state index contributed by atoms with van der Waals surface area (Å²) in [5, 5.41) is 13.5. The van der Waals surface area contributed by atoms with Gasteiger partial charge in [0.1, 0.15) is 0 Å². The first-order chi connectivity index (χ1) is 14.7. The van der Waals surface area contributed by atoms with E-state index in [2.05, 4.69) is 5.32 Å². The van der Waals surface area contributed by atoms with Gasteiger partial charge in [-0.3, -0.25) is 24.3 Å². The Hall–Kier alpha value is -3.60. The number of anilines is 1. The number of nitro benzene ring substituents is 1. The fraction of sp³-hybridized carbons (Fsp3) is 0.250. The molecule has 0 aliphatic rings. The molecule has 0 aliphatic heterocycles. The van der Waals surface area contributed by atoms with E-state index in [0.29, 0.717) is 17.6 Å². The van der Waals surface area contributed by atoms with Gasteiger partial charge in [0, 0.05) is 43.7 Å². The van der Waals surface area contributed by atoms with Gasteiger partial charge in [0.2, 0.25) is 5.91 Å². The number of rotatable bonds is 7. The van der Waals surface area contributed by atoms with Crippen LogP contribution in [0.4, 0.5) is 16.2 Å². The molecule has 2 aromatic carbocycles. The van der Waals surface area contributed by atoms with E-state index in [4.69, 9.17) is 4.42 Å². The molecule has 0 fully saturated rings. The molecule has 162 valence electrons. The number of thioether (sulfide) groups is 1. The minimum atomic E-state index is -0.628. The van der Waals surface area contributed by atoms with Crippen molar-refractivity contribution >= 4 is 45.4 Å². The zero-order valence-corrected chi connectivity index (χ0v) is 17.7. The van der Waals surface area contributed by atoms with E-state index in [-0.39, 0.29) is 35.4 Å². The van der Waals surface area contributed by atoms with Gasteiger partial charge in [-0.15, -0.1) is 0 Å². The van der Waals surface area contributed by atoms with Crippen molar-refractivity contribution in [2.24, 2.45) is 0 Å². The van der Waals surface area contributed by atoms with E-state index in [1.807, 2.05) is 0 Å². The number of fused-ring (bicyclic) bond motifs is 1. The van der Waals surface area contributed by atoms with Crippen molar-refractivity contribution in [3.05, 3.63) is 63.1 Å². The van der Waals surface area contributed by atoms with Crippen LogP contribution in [0.3, 0.4) is 0 Å². The average Bonchev–Trinajstić information content (AvgIpc) is 3.03. The Kier molecular flexibility index (Phi) is 6.75. The summed E-state index contributed by atoms with van der Waals surface area (Å²) in [7, 11) is 3.35. The van der Waals surface area contributed by atoms with Crippen molar-refractivity contribution in [1.82, 2.24) is 9.47 Å². The molecule has 0 atom stereocenters. The lowest BCUT2D eigenvalue weighted by Gasteiger charge is -2.10. The molecule has 0 unspecified atom stereocenters. The minimum absolute atomic E-state index is 0.0894. The fourth-order valence-corrected chi connectivity index (χ4v) is 3.46. The van der Waals surface area contributed by atoms with E-state index in [0.717, 1.165) is 16.7 Å². The molecule has 3 rings (SSSR count). The van der Waals surface area contributed by atoms with E-state index in [1.165, 1.54) is 27.7 Å². The first kappa shape index (κ1) is 22.1. The maximum Gasteiger partial charge on any atom is 0.419 e. The van der Waals surface area contributed by atoms with Crippen molar-refractivity contribution in [3.8, 4) is 0 Å². The predicted octanol–water partition coefficient (Wildman–Crippen LogP) is 3.70. The maximum atomic E-state index is 12.2. The Bertz CT molecular complexity index is 1180. The Balaban J connectivity index is 1.55. The van der Waals surface area contributed by atoms with Crippen molar-refractivity contribution in [3.63, 3.8) is 0 Å². The van der Waals surface area contributed by atoms with E-state index in [9.17, 15) is 24.5 Å². The Morgan fingerprint density at radius 3 is 2.55 bits per heavy atom. The summed E-state index contributed by atoms with van der Waals surface area (Å²) < 4.78 is 6.42. The van der Waals surface area contributed by atoms with Crippen LogP contribution in [0.2, 0.25) is 0 Å². The van der Waals surface area contributed by atoms with Crippen molar-refractivity contribution in [2.75, 3.05) is 19.4 Å². The van der Waals surface area contributed by atoms with Gasteiger partial charge in [0.15, 0.2) is 5.58 Å². The molecular weight excluding hydrogens is 424 g/mol. The normalized spacial score (nSPS) is 10.8. The number of carbonyl (C=O) groups excluding carboxylic acids is 2. The van der Waals surface area contributed by atoms with Gasteiger partial charge in [-0.05, 0) is 48.5 Å². The second-order valence-corrected chi connectivity index (χ2v) is 7.89. The lowest BCUT2D eigenvalue weighted by molar-refractivity contribution is -0.384. The summed E-state index contributed by atoms with van der Waals surface area (Å²) in [5.41, 5.74) is 1.01. The highest BCUT2D eigenvalue weighted by molar-refractivity contribution is 8.13. The standard InChI is InChI=1S/C20H20N4O6S/c1-22(2)20(27)31-15-8-5-13(6-9-15)21-18(25)4-3-11-23-16-10-7-14(24(28)29)12-17(16)30-19(23)26/h5-10,12H,3-4,11H2,1-2H3,(H,21,25). The van der Waals surface area contributed by atoms with Crippen molar-refractivity contribution in [1.29, 1.82) is 0 Å². The van der Waals surface area contributed by atoms with Crippen LogP contribution in [0.15, 0.2) is 56.6 Å². The number of aromatic nitrogens is 1. The van der Waals surface area contributed by atoms with Gasteiger partial charge in [-0.1, -0.05) is 0 Å². The van der Waals surface area contributed by atoms with Crippen LogP contribution in [0.25, 0.3) is 11.1 Å². The summed E-state index contributed by atoms with van der Waals surface area (Å²) in [4.78, 5) is 48.5. The van der Waals surface area contributed by atoms with Crippen molar-refractivity contribution in [2.45, 2.75) is 24.3 Å². The smallest absolute Gasteiger partial charge is 0.407 e. The first-order valence-corrected chi connectivity index (χ1v) is 10.1. The summed E-state index contributed by atoms with van der Waals surface area (Å²) in [6.45, 7) is 0.235. The zero-order chi connectivity index (χ0) is 22.5. The number of nitrogens with zero attached hydrogens (tertiary/aromatic N) is 3. The third kappa shape index (κ3) is 5.51. The van der Waals surface area contributed by atoms with Crippen LogP contribution in [0, 0.1) is 10.1 Å². The number of amides is 2. The molecule has 0 saturated carbocycles. The molecule has 0 bridgehead atoms. The SMILES string of the molecule is CN(C)C(=O)Sc1ccc(NC(=O)CCCn2c(=O)oc3cc([N+](=O)[O-])ccc32)cc1. The predicted molar refractivity (Wildman–Crippen MR) is 116 cm³/mol. The molecule has 0 radical (unpaired) electrons. The number of nitrogens with one attached hydrogen (secondary N) is 1. The quantitative estimate of drug-likeness (QED) is 0.334. The van der Waals surface area contributed by atoms with E-state index < -0.39 is 10.7 Å². The number of oxazole rings is 1. The highest BCUT2D eigenvalue weighted by Gasteiger charge is 2.14. The molecule has 0 spiro atoms. The molecule has 1 aromatic heterocycles.